The first-order valence-corrected chi connectivity index (χ1v) is 15.5. The van der Waals surface area contributed by atoms with Gasteiger partial charge >= 0.3 is 6.18 Å². The average Bonchev–Trinajstić information content (AvgIpc) is 3.79. The first-order valence-electron chi connectivity index (χ1n) is 14.4. The molecule has 1 fully saturated rings. The topological polar surface area (TPSA) is 115 Å². The Labute approximate surface area is 270 Å². The number of anilines is 1. The number of hydrogen-bond acceptors (Lipinski definition) is 5. The van der Waals surface area contributed by atoms with E-state index in [0.29, 0.717) is 29.0 Å². The number of nitrogens with one attached hydrogen (secondary N) is 2. The summed E-state index contributed by atoms with van der Waals surface area (Å²) in [7, 11) is 0. The van der Waals surface area contributed by atoms with Gasteiger partial charge in [0.15, 0.2) is 5.69 Å². The van der Waals surface area contributed by atoms with E-state index in [1.165, 1.54) is 52.9 Å². The molecule has 0 bridgehead atoms. The Bertz CT molecular complexity index is 1710. The number of benzene rings is 2. The monoisotopic (exact) mass is 734 g/mol. The Morgan fingerprint density at radius 3 is 2.51 bits per heavy atom. The van der Waals surface area contributed by atoms with Gasteiger partial charge in [0.1, 0.15) is 11.5 Å². The van der Waals surface area contributed by atoms with E-state index in [9.17, 15) is 22.8 Å². The summed E-state index contributed by atoms with van der Waals surface area (Å²) in [4.78, 5) is 30.9. The Balaban J connectivity index is 1.60. The van der Waals surface area contributed by atoms with Gasteiger partial charge in [0, 0.05) is 30.9 Å². The van der Waals surface area contributed by atoms with E-state index in [0.717, 1.165) is 23.9 Å². The van der Waals surface area contributed by atoms with Crippen molar-refractivity contribution in [2.75, 3.05) is 5.32 Å². The molecule has 1 aliphatic carbocycles. The van der Waals surface area contributed by atoms with E-state index in [4.69, 9.17) is 5.73 Å². The second kappa shape index (κ2) is 13.3. The number of pyridine rings is 1. The van der Waals surface area contributed by atoms with Crippen molar-refractivity contribution in [3.8, 4) is 5.69 Å². The molecule has 45 heavy (non-hydrogen) atoms. The fourth-order valence-electron chi connectivity index (χ4n) is 5.28. The lowest BCUT2D eigenvalue weighted by molar-refractivity contribution is -0.142. The lowest BCUT2D eigenvalue weighted by atomic mass is 9.78. The van der Waals surface area contributed by atoms with Crippen molar-refractivity contribution in [1.82, 2.24) is 20.1 Å². The number of amides is 2. The van der Waals surface area contributed by atoms with Crippen molar-refractivity contribution in [2.24, 2.45) is 11.7 Å². The molecule has 1 saturated carbocycles. The van der Waals surface area contributed by atoms with Crippen LogP contribution < -0.4 is 16.4 Å². The number of nitrogens with two attached hydrogens (primary N) is 1. The summed E-state index contributed by atoms with van der Waals surface area (Å²) in [6.45, 7) is 1.84. The number of rotatable bonds is 11. The summed E-state index contributed by atoms with van der Waals surface area (Å²) in [6, 6.07) is 14.0. The van der Waals surface area contributed by atoms with Crippen molar-refractivity contribution >= 4 is 40.1 Å². The van der Waals surface area contributed by atoms with Crippen LogP contribution in [0.5, 0.6) is 0 Å². The van der Waals surface area contributed by atoms with Crippen molar-refractivity contribution in [3.63, 3.8) is 0 Å². The molecule has 0 saturated heterocycles. The first-order chi connectivity index (χ1) is 21.5. The maximum Gasteiger partial charge on any atom is 0.436 e. The molecule has 0 aliphatic heterocycles. The fraction of sp³-hybridized carbons (Fsp3) is 0.312. The van der Waals surface area contributed by atoms with Crippen LogP contribution in [0.4, 0.5) is 23.2 Å². The molecule has 236 valence electrons. The highest BCUT2D eigenvalue weighted by atomic mass is 127. The molecule has 4 N–H and O–H groups in total. The van der Waals surface area contributed by atoms with Crippen LogP contribution in [-0.4, -0.2) is 26.6 Å². The Kier molecular flexibility index (Phi) is 9.58. The highest BCUT2D eigenvalue weighted by Crippen LogP contribution is 2.42. The van der Waals surface area contributed by atoms with Crippen LogP contribution in [-0.2, 0) is 23.1 Å². The number of alkyl halides is 3. The molecule has 8 nitrogen and oxygen atoms in total. The second-order valence-corrected chi connectivity index (χ2v) is 12.1. The minimum Gasteiger partial charge on any atom is -0.342 e. The van der Waals surface area contributed by atoms with Crippen molar-refractivity contribution in [2.45, 2.75) is 57.3 Å². The normalized spacial score (nSPS) is 14.6. The van der Waals surface area contributed by atoms with Gasteiger partial charge in [0.05, 0.1) is 20.5 Å². The molecule has 2 aromatic carbocycles. The van der Waals surface area contributed by atoms with Gasteiger partial charge in [-0.3, -0.25) is 14.6 Å². The Morgan fingerprint density at radius 2 is 1.87 bits per heavy atom. The predicted molar refractivity (Wildman–Crippen MR) is 169 cm³/mol. The number of aromatic nitrogens is 3. The number of nitrogens with zero attached hydrogens (tertiary/aromatic N) is 3. The summed E-state index contributed by atoms with van der Waals surface area (Å²) in [6.07, 6.45) is 2.03. The zero-order chi connectivity index (χ0) is 32.4. The van der Waals surface area contributed by atoms with Gasteiger partial charge in [-0.05, 0) is 82.8 Å². The molecule has 4 aromatic rings. The molecule has 2 aromatic heterocycles. The highest BCUT2D eigenvalue weighted by Gasteiger charge is 2.41. The van der Waals surface area contributed by atoms with E-state index in [-0.39, 0.29) is 30.2 Å². The number of carbonyl (C=O) groups is 2. The zero-order valence-corrected chi connectivity index (χ0v) is 26.5. The average molecular weight is 735 g/mol. The molecule has 1 aliphatic rings. The molecule has 1 unspecified atom stereocenters. The lowest BCUT2D eigenvalue weighted by Gasteiger charge is -2.36. The zero-order valence-electron chi connectivity index (χ0n) is 24.3. The maximum atomic E-state index is 15.4. The van der Waals surface area contributed by atoms with Crippen LogP contribution in [0.25, 0.3) is 5.69 Å². The van der Waals surface area contributed by atoms with Crippen LogP contribution in [0.1, 0.15) is 71.9 Å². The summed E-state index contributed by atoms with van der Waals surface area (Å²) in [5.74, 6) is -1.54. The minimum absolute atomic E-state index is 0.117. The SMILES string of the molecule is CCC(=O)NC(CCC1CC1)(c1cccnc1)c1ccc(F)c(NC(=O)c2c(I)c(C(F)(F)F)nn2-c2cccc(CN)c2)c1. The molecule has 0 radical (unpaired) electrons. The molecule has 5 rings (SSSR count). The van der Waals surface area contributed by atoms with Gasteiger partial charge in [0.2, 0.25) is 5.91 Å². The van der Waals surface area contributed by atoms with Crippen LogP contribution in [0, 0.1) is 15.3 Å². The Morgan fingerprint density at radius 1 is 1.09 bits per heavy atom. The number of hydrogen-bond donors (Lipinski definition) is 3. The van der Waals surface area contributed by atoms with Crippen LogP contribution in [0.2, 0.25) is 0 Å². The molecule has 1 atom stereocenters. The van der Waals surface area contributed by atoms with Crippen LogP contribution >= 0.6 is 22.6 Å². The third kappa shape index (κ3) is 7.03. The molecule has 2 heterocycles. The summed E-state index contributed by atoms with van der Waals surface area (Å²) >= 11 is 1.43. The van der Waals surface area contributed by atoms with E-state index >= 15 is 4.39 Å². The highest BCUT2D eigenvalue weighted by molar-refractivity contribution is 14.1. The second-order valence-electron chi connectivity index (χ2n) is 11.0. The smallest absolute Gasteiger partial charge is 0.342 e. The predicted octanol–water partition coefficient (Wildman–Crippen LogP) is 6.70. The maximum absolute atomic E-state index is 15.4. The van der Waals surface area contributed by atoms with Crippen molar-refractivity contribution < 1.29 is 27.2 Å². The summed E-state index contributed by atoms with van der Waals surface area (Å²) < 4.78 is 57.6. The summed E-state index contributed by atoms with van der Waals surface area (Å²) in [5, 5.41) is 9.34. The molecule has 13 heteroatoms. The van der Waals surface area contributed by atoms with E-state index in [1.807, 2.05) is 6.07 Å². The van der Waals surface area contributed by atoms with Gasteiger partial charge in [-0.25, -0.2) is 9.07 Å². The van der Waals surface area contributed by atoms with Crippen LogP contribution in [0.15, 0.2) is 67.0 Å². The molecule has 2 amide bonds. The van der Waals surface area contributed by atoms with E-state index in [1.54, 1.807) is 37.5 Å². The standard InChI is InChI=1S/C32H31F4IN6O2/c1-2-26(44)41-31(13-12-19-8-9-19,22-6-4-14-39-18-22)21-10-11-24(33)25(16-21)40-30(45)28-27(37)29(32(34,35)36)42-43(28)23-7-3-5-20(15-23)17-38/h3-7,10-11,14-16,18-19H,2,8-9,12-13,17,38H2,1H3,(H,40,45)(H,41,44). The van der Waals surface area contributed by atoms with Crippen molar-refractivity contribution in [1.29, 1.82) is 0 Å². The molecule has 0 spiro atoms. The Hall–Kier alpha value is -3.85. The largest absolute Gasteiger partial charge is 0.436 e. The summed E-state index contributed by atoms with van der Waals surface area (Å²) in [5.41, 5.74) is 4.66. The number of carbonyl (C=O) groups excluding carboxylic acids is 2. The van der Waals surface area contributed by atoms with Crippen molar-refractivity contribution in [3.05, 3.63) is 104 Å². The fourth-order valence-corrected chi connectivity index (χ4v) is 6.16. The van der Waals surface area contributed by atoms with E-state index in [2.05, 4.69) is 20.7 Å². The van der Waals surface area contributed by atoms with E-state index < -0.39 is 38.4 Å². The third-order valence-electron chi connectivity index (χ3n) is 7.86. The molecular weight excluding hydrogens is 703 g/mol. The van der Waals surface area contributed by atoms with Gasteiger partial charge in [-0.1, -0.05) is 44.0 Å². The van der Waals surface area contributed by atoms with Gasteiger partial charge in [-0.2, -0.15) is 18.3 Å². The van der Waals surface area contributed by atoms with Gasteiger partial charge < -0.3 is 16.4 Å². The van der Waals surface area contributed by atoms with Gasteiger partial charge in [0.25, 0.3) is 5.91 Å². The lowest BCUT2D eigenvalue weighted by Crippen LogP contribution is -2.47. The third-order valence-corrected chi connectivity index (χ3v) is 8.88. The number of halogens is 5. The quantitative estimate of drug-likeness (QED) is 0.117. The molecular formula is C32H31F4IN6O2. The van der Waals surface area contributed by atoms with Crippen LogP contribution in [0.3, 0.4) is 0 Å². The minimum atomic E-state index is -4.85. The first kappa shape index (κ1) is 32.5. The van der Waals surface area contributed by atoms with Gasteiger partial charge in [-0.15, -0.1) is 0 Å².